The molecule has 0 spiro atoms. The first-order valence-corrected chi connectivity index (χ1v) is 8.72. The Hall–Kier alpha value is -2.56. The van der Waals surface area contributed by atoms with Crippen molar-refractivity contribution in [3.8, 4) is 5.75 Å². The van der Waals surface area contributed by atoms with Crippen molar-refractivity contribution in [2.75, 3.05) is 11.9 Å². The quantitative estimate of drug-likeness (QED) is 0.747. The minimum absolute atomic E-state index is 0.137. The van der Waals surface area contributed by atoms with Crippen LogP contribution in [0, 0.1) is 5.92 Å². The molecule has 5 heteroatoms. The van der Waals surface area contributed by atoms with Crippen LogP contribution in [0.2, 0.25) is 0 Å². The number of hydrogen-bond donors (Lipinski definition) is 2. The third kappa shape index (κ3) is 6.45. The van der Waals surface area contributed by atoms with Gasteiger partial charge >= 0.3 is 0 Å². The van der Waals surface area contributed by atoms with E-state index in [1.54, 1.807) is 12.3 Å². The number of amides is 1. The Morgan fingerprint density at radius 2 is 1.72 bits per heavy atom. The number of nitrogens with zero attached hydrogens (tertiary/aromatic N) is 1. The second kappa shape index (κ2) is 9.06. The van der Waals surface area contributed by atoms with Gasteiger partial charge in [0.25, 0.3) is 5.91 Å². The lowest BCUT2D eigenvalue weighted by Crippen LogP contribution is -2.26. The number of carbonyl (C=O) groups is 1. The van der Waals surface area contributed by atoms with Gasteiger partial charge in [-0.05, 0) is 62.6 Å². The van der Waals surface area contributed by atoms with Crippen molar-refractivity contribution < 1.29 is 9.53 Å². The van der Waals surface area contributed by atoms with Gasteiger partial charge in [0, 0.05) is 12.2 Å². The maximum Gasteiger partial charge on any atom is 0.269 e. The lowest BCUT2D eigenvalue weighted by Gasteiger charge is -2.11. The summed E-state index contributed by atoms with van der Waals surface area (Å²) in [5, 5.41) is 6.14. The third-order valence-electron chi connectivity index (χ3n) is 3.52. The number of pyridine rings is 1. The van der Waals surface area contributed by atoms with Gasteiger partial charge in [0.1, 0.15) is 11.4 Å². The number of aromatic nitrogens is 1. The summed E-state index contributed by atoms with van der Waals surface area (Å²) in [6.45, 7) is 8.93. The second-order valence-electron chi connectivity index (χ2n) is 6.69. The van der Waals surface area contributed by atoms with Crippen LogP contribution in [0.1, 0.15) is 44.6 Å². The first-order valence-electron chi connectivity index (χ1n) is 8.72. The summed E-state index contributed by atoms with van der Waals surface area (Å²) in [6, 6.07) is 11.3. The molecule has 1 heterocycles. The molecule has 2 N–H and O–H groups in total. The van der Waals surface area contributed by atoms with Crippen molar-refractivity contribution in [3.63, 3.8) is 0 Å². The third-order valence-corrected chi connectivity index (χ3v) is 3.52. The number of nitrogens with one attached hydrogen (secondary N) is 2. The smallest absolute Gasteiger partial charge is 0.269 e. The van der Waals surface area contributed by atoms with E-state index < -0.39 is 0 Å². The largest absolute Gasteiger partial charge is 0.491 e. The highest BCUT2D eigenvalue weighted by atomic mass is 16.5. The molecule has 1 aromatic heterocycles. The van der Waals surface area contributed by atoms with Crippen LogP contribution >= 0.6 is 0 Å². The zero-order valence-corrected chi connectivity index (χ0v) is 15.4. The molecule has 0 unspecified atom stereocenters. The van der Waals surface area contributed by atoms with Crippen molar-refractivity contribution in [1.82, 2.24) is 10.3 Å². The SMILES string of the molecule is CC(C)CCNC(=O)c1ccc(Nc2ccc(OC(C)C)cc2)cn1. The van der Waals surface area contributed by atoms with Gasteiger partial charge in [-0.1, -0.05) is 13.8 Å². The highest BCUT2D eigenvalue weighted by Crippen LogP contribution is 2.20. The molecule has 0 fully saturated rings. The fraction of sp³-hybridized carbons (Fsp3) is 0.400. The van der Waals surface area contributed by atoms with Gasteiger partial charge in [-0.3, -0.25) is 4.79 Å². The van der Waals surface area contributed by atoms with Crippen molar-refractivity contribution >= 4 is 17.3 Å². The lowest BCUT2D eigenvalue weighted by molar-refractivity contribution is 0.0947. The van der Waals surface area contributed by atoms with E-state index in [2.05, 4.69) is 29.5 Å². The second-order valence-corrected chi connectivity index (χ2v) is 6.69. The van der Waals surface area contributed by atoms with Gasteiger partial charge in [-0.2, -0.15) is 0 Å². The topological polar surface area (TPSA) is 63.2 Å². The predicted octanol–water partition coefficient (Wildman–Crippen LogP) is 4.39. The van der Waals surface area contributed by atoms with E-state index in [0.29, 0.717) is 18.2 Å². The Kier molecular flexibility index (Phi) is 6.81. The Bertz CT molecular complexity index is 664. The van der Waals surface area contributed by atoms with Gasteiger partial charge in [0.15, 0.2) is 0 Å². The first-order chi connectivity index (χ1) is 11.9. The number of carbonyl (C=O) groups excluding carboxylic acids is 1. The molecule has 0 aliphatic rings. The molecular formula is C20H27N3O2. The number of anilines is 2. The highest BCUT2D eigenvalue weighted by molar-refractivity contribution is 5.92. The maximum absolute atomic E-state index is 12.0. The molecule has 0 radical (unpaired) electrons. The molecule has 2 rings (SSSR count). The zero-order valence-electron chi connectivity index (χ0n) is 15.4. The van der Waals surface area contributed by atoms with Crippen molar-refractivity contribution in [2.45, 2.75) is 40.2 Å². The Morgan fingerprint density at radius 3 is 2.28 bits per heavy atom. The molecule has 1 amide bonds. The predicted molar refractivity (Wildman–Crippen MR) is 102 cm³/mol. The molecule has 5 nitrogen and oxygen atoms in total. The van der Waals surface area contributed by atoms with E-state index in [1.807, 2.05) is 44.2 Å². The number of hydrogen-bond acceptors (Lipinski definition) is 4. The molecular weight excluding hydrogens is 314 g/mol. The van der Waals surface area contributed by atoms with Crippen molar-refractivity contribution in [2.24, 2.45) is 5.92 Å². The van der Waals surface area contributed by atoms with Crippen LogP contribution in [0.4, 0.5) is 11.4 Å². The van der Waals surface area contributed by atoms with Gasteiger partial charge in [-0.15, -0.1) is 0 Å². The molecule has 2 aromatic rings. The summed E-state index contributed by atoms with van der Waals surface area (Å²) < 4.78 is 5.62. The highest BCUT2D eigenvalue weighted by Gasteiger charge is 2.07. The van der Waals surface area contributed by atoms with Crippen LogP contribution < -0.4 is 15.4 Å². The van der Waals surface area contributed by atoms with E-state index in [9.17, 15) is 4.79 Å². The Morgan fingerprint density at radius 1 is 1.04 bits per heavy atom. The van der Waals surface area contributed by atoms with E-state index in [0.717, 1.165) is 23.5 Å². The van der Waals surface area contributed by atoms with Gasteiger partial charge < -0.3 is 15.4 Å². The van der Waals surface area contributed by atoms with Crippen LogP contribution in [-0.2, 0) is 0 Å². The van der Waals surface area contributed by atoms with E-state index in [-0.39, 0.29) is 12.0 Å². The molecule has 25 heavy (non-hydrogen) atoms. The van der Waals surface area contributed by atoms with Gasteiger partial charge in [-0.25, -0.2) is 4.98 Å². The van der Waals surface area contributed by atoms with E-state index >= 15 is 0 Å². The molecule has 0 saturated heterocycles. The molecule has 0 aliphatic heterocycles. The Labute approximate surface area is 149 Å². The lowest BCUT2D eigenvalue weighted by atomic mass is 10.1. The fourth-order valence-electron chi connectivity index (χ4n) is 2.22. The first kappa shape index (κ1) is 18.8. The summed E-state index contributed by atoms with van der Waals surface area (Å²) in [7, 11) is 0. The number of rotatable bonds is 8. The molecule has 1 aromatic carbocycles. The number of benzene rings is 1. The van der Waals surface area contributed by atoms with Crippen molar-refractivity contribution in [1.29, 1.82) is 0 Å². The van der Waals surface area contributed by atoms with E-state index in [4.69, 9.17) is 4.74 Å². The molecule has 0 aliphatic carbocycles. The van der Waals surface area contributed by atoms with Gasteiger partial charge in [0.2, 0.25) is 0 Å². The zero-order chi connectivity index (χ0) is 18.2. The minimum Gasteiger partial charge on any atom is -0.491 e. The van der Waals surface area contributed by atoms with Gasteiger partial charge in [0.05, 0.1) is 18.0 Å². The molecule has 0 atom stereocenters. The van der Waals surface area contributed by atoms with Crippen LogP contribution in [-0.4, -0.2) is 23.5 Å². The number of ether oxygens (including phenoxy) is 1. The summed E-state index contributed by atoms with van der Waals surface area (Å²) in [5.74, 6) is 1.27. The summed E-state index contributed by atoms with van der Waals surface area (Å²) >= 11 is 0. The standard InChI is InChI=1S/C20H27N3O2/c1-14(2)11-12-21-20(24)19-10-7-17(13-22-19)23-16-5-8-18(9-6-16)25-15(3)4/h5-10,13-15,23H,11-12H2,1-4H3,(H,21,24). The minimum atomic E-state index is -0.137. The normalized spacial score (nSPS) is 10.8. The van der Waals surface area contributed by atoms with Crippen LogP contribution in [0.5, 0.6) is 5.75 Å². The Balaban J connectivity index is 1.90. The maximum atomic E-state index is 12.0. The van der Waals surface area contributed by atoms with Crippen LogP contribution in [0.3, 0.4) is 0 Å². The average molecular weight is 341 g/mol. The molecule has 134 valence electrons. The summed E-state index contributed by atoms with van der Waals surface area (Å²) in [5.41, 5.74) is 2.19. The molecule has 0 bridgehead atoms. The summed E-state index contributed by atoms with van der Waals surface area (Å²) in [6.07, 6.45) is 2.78. The average Bonchev–Trinajstić information content (AvgIpc) is 2.56. The van der Waals surface area contributed by atoms with E-state index in [1.165, 1.54) is 0 Å². The monoisotopic (exact) mass is 341 g/mol. The molecule has 0 saturated carbocycles. The van der Waals surface area contributed by atoms with Crippen molar-refractivity contribution in [3.05, 3.63) is 48.3 Å². The van der Waals surface area contributed by atoms with Crippen LogP contribution in [0.15, 0.2) is 42.6 Å². The summed E-state index contributed by atoms with van der Waals surface area (Å²) in [4.78, 5) is 16.2. The van der Waals surface area contributed by atoms with Crippen LogP contribution in [0.25, 0.3) is 0 Å². The fourth-order valence-corrected chi connectivity index (χ4v) is 2.22.